The van der Waals surface area contributed by atoms with Gasteiger partial charge in [-0.1, -0.05) is 24.3 Å². The third-order valence-corrected chi connectivity index (χ3v) is 5.85. The number of amides is 1. The van der Waals surface area contributed by atoms with Crippen molar-refractivity contribution in [3.05, 3.63) is 54.1 Å². The summed E-state index contributed by atoms with van der Waals surface area (Å²) in [6.45, 7) is 1.66. The van der Waals surface area contributed by atoms with Crippen LogP contribution in [0.5, 0.6) is 0 Å². The van der Waals surface area contributed by atoms with Gasteiger partial charge in [0.15, 0.2) is 0 Å². The zero-order valence-corrected chi connectivity index (χ0v) is 15.5. The van der Waals surface area contributed by atoms with Gasteiger partial charge >= 0.3 is 5.51 Å². The van der Waals surface area contributed by atoms with Crippen LogP contribution in [0.2, 0.25) is 0 Å². The Bertz CT molecular complexity index is 960. The molecule has 10 heteroatoms. The molecule has 1 aliphatic heterocycles. The van der Waals surface area contributed by atoms with Crippen LogP contribution in [0.4, 0.5) is 24.5 Å². The molecular weight excluding hydrogens is 395 g/mol. The molecule has 1 saturated heterocycles. The minimum Gasteiger partial charge on any atom is -0.380 e. The van der Waals surface area contributed by atoms with Gasteiger partial charge in [0.1, 0.15) is 0 Å². The summed E-state index contributed by atoms with van der Waals surface area (Å²) in [5, 5.41) is 5.50. The summed E-state index contributed by atoms with van der Waals surface area (Å²) in [4.78, 5) is 12.6. The highest BCUT2D eigenvalue weighted by Gasteiger charge is 2.47. The highest BCUT2D eigenvalue weighted by atomic mass is 32.2. The summed E-state index contributed by atoms with van der Waals surface area (Å²) in [6.07, 6.45) is 0. The molecule has 2 aromatic carbocycles. The molecule has 0 saturated carbocycles. The van der Waals surface area contributed by atoms with E-state index in [-0.39, 0.29) is 24.7 Å². The van der Waals surface area contributed by atoms with Crippen molar-refractivity contribution in [3.63, 3.8) is 0 Å². The summed E-state index contributed by atoms with van der Waals surface area (Å²) in [5.74, 6) is -0.0560. The van der Waals surface area contributed by atoms with E-state index in [4.69, 9.17) is 0 Å². The number of carbonyl (C=O) groups excluding carboxylic acids is 1. The zero-order valence-electron chi connectivity index (χ0n) is 14.7. The molecule has 1 heterocycles. The number of nitrogens with zero attached hydrogens (tertiary/aromatic N) is 1. The van der Waals surface area contributed by atoms with Gasteiger partial charge in [0.25, 0.3) is 9.84 Å². The maximum absolute atomic E-state index is 12.9. The topological polar surface area (TPSA) is 78.5 Å². The lowest BCUT2D eigenvalue weighted by Crippen LogP contribution is -2.47. The number of rotatable bonds is 5. The smallest absolute Gasteiger partial charge is 0.380 e. The summed E-state index contributed by atoms with van der Waals surface area (Å²) < 4.78 is 62.0. The van der Waals surface area contributed by atoms with Crippen LogP contribution in [0.3, 0.4) is 0 Å². The molecule has 0 aromatic heterocycles. The second kappa shape index (κ2) is 7.70. The molecule has 150 valence electrons. The fourth-order valence-electron chi connectivity index (χ4n) is 2.85. The fourth-order valence-corrected chi connectivity index (χ4v) is 3.79. The monoisotopic (exact) mass is 413 g/mol. The summed E-state index contributed by atoms with van der Waals surface area (Å²) in [7, 11) is -5.44. The van der Waals surface area contributed by atoms with Gasteiger partial charge in [-0.2, -0.15) is 13.2 Å². The molecule has 3 rings (SSSR count). The lowest BCUT2D eigenvalue weighted by molar-refractivity contribution is -0.120. The first-order valence-corrected chi connectivity index (χ1v) is 9.91. The van der Waals surface area contributed by atoms with E-state index >= 15 is 0 Å². The van der Waals surface area contributed by atoms with E-state index in [1.54, 1.807) is 12.1 Å². The maximum atomic E-state index is 12.9. The average Bonchev–Trinajstić information content (AvgIpc) is 2.66. The number of nitrogens with one attached hydrogen (secondary N) is 2. The second-order valence-corrected chi connectivity index (χ2v) is 8.15. The van der Waals surface area contributed by atoms with Crippen LogP contribution in [-0.2, 0) is 21.2 Å². The molecular formula is C18H18F3N3O3S. The zero-order chi connectivity index (χ0) is 20.4. The van der Waals surface area contributed by atoms with Gasteiger partial charge in [0.05, 0.1) is 17.1 Å². The quantitative estimate of drug-likeness (QED) is 0.788. The van der Waals surface area contributed by atoms with Crippen LogP contribution in [0.25, 0.3) is 0 Å². The highest BCUT2D eigenvalue weighted by molar-refractivity contribution is 7.92. The van der Waals surface area contributed by atoms with E-state index in [1.165, 1.54) is 18.2 Å². The van der Waals surface area contributed by atoms with Gasteiger partial charge in [-0.05, 0) is 29.8 Å². The van der Waals surface area contributed by atoms with Gasteiger partial charge in [-0.25, -0.2) is 8.42 Å². The number of hydrogen-bond donors (Lipinski definition) is 2. The molecule has 0 atom stereocenters. The van der Waals surface area contributed by atoms with Gasteiger partial charge < -0.3 is 15.5 Å². The van der Waals surface area contributed by atoms with E-state index in [2.05, 4.69) is 10.6 Å². The number of benzene rings is 2. The molecule has 28 heavy (non-hydrogen) atoms. The largest absolute Gasteiger partial charge is 0.501 e. The van der Waals surface area contributed by atoms with Crippen LogP contribution in [0.1, 0.15) is 5.56 Å². The first kappa shape index (κ1) is 20.0. The summed E-state index contributed by atoms with van der Waals surface area (Å²) >= 11 is 0. The summed E-state index contributed by atoms with van der Waals surface area (Å²) in [6, 6.07) is 12.1. The second-order valence-electron chi connectivity index (χ2n) is 6.24. The van der Waals surface area contributed by atoms with Gasteiger partial charge in [0, 0.05) is 25.3 Å². The van der Waals surface area contributed by atoms with E-state index in [0.29, 0.717) is 13.1 Å². The standard InChI is InChI=1S/C18H18F3N3O3S/c19-18(20,21)28(26,27)16-4-2-1-3-15(16)23-11-13-5-7-14(8-6-13)24-10-9-22-17(25)12-24/h1-8,23H,9-12H2,(H,22,25). The lowest BCUT2D eigenvalue weighted by Gasteiger charge is -2.28. The Morgan fingerprint density at radius 2 is 1.75 bits per heavy atom. The number of carbonyl (C=O) groups is 1. The summed E-state index contributed by atoms with van der Waals surface area (Å²) in [5.41, 5.74) is -3.87. The number of anilines is 2. The van der Waals surface area contributed by atoms with Crippen molar-refractivity contribution in [2.24, 2.45) is 0 Å². The Morgan fingerprint density at radius 3 is 2.39 bits per heavy atom. The Hall–Kier alpha value is -2.75. The Labute approximate surface area is 160 Å². The minimum absolute atomic E-state index is 0.0560. The molecule has 2 aromatic rings. The first-order chi connectivity index (χ1) is 13.2. The molecule has 0 aliphatic carbocycles. The van der Waals surface area contributed by atoms with E-state index < -0.39 is 20.2 Å². The highest BCUT2D eigenvalue weighted by Crippen LogP contribution is 2.34. The molecule has 0 unspecified atom stereocenters. The van der Waals surface area contributed by atoms with Crippen molar-refractivity contribution >= 4 is 27.1 Å². The van der Waals surface area contributed by atoms with Crippen LogP contribution >= 0.6 is 0 Å². The van der Waals surface area contributed by atoms with E-state index in [1.807, 2.05) is 17.0 Å². The van der Waals surface area contributed by atoms with Crippen LogP contribution in [0, 0.1) is 0 Å². The molecule has 1 aliphatic rings. The molecule has 2 N–H and O–H groups in total. The van der Waals surface area contributed by atoms with E-state index in [9.17, 15) is 26.4 Å². The third-order valence-electron chi connectivity index (χ3n) is 4.30. The molecule has 1 fully saturated rings. The Balaban J connectivity index is 1.72. The number of alkyl halides is 3. The van der Waals surface area contributed by atoms with Crippen molar-refractivity contribution in [2.75, 3.05) is 29.9 Å². The number of halogens is 3. The van der Waals surface area contributed by atoms with Crippen LogP contribution in [-0.4, -0.2) is 39.5 Å². The third kappa shape index (κ3) is 4.22. The number of piperazine rings is 1. The van der Waals surface area contributed by atoms with Crippen LogP contribution in [0.15, 0.2) is 53.4 Å². The first-order valence-electron chi connectivity index (χ1n) is 8.43. The molecule has 0 spiro atoms. The predicted octanol–water partition coefficient (Wildman–Crippen LogP) is 2.53. The molecule has 0 bridgehead atoms. The Kier molecular flexibility index (Phi) is 5.50. The van der Waals surface area contributed by atoms with Gasteiger partial charge in [-0.3, -0.25) is 4.79 Å². The number of para-hydroxylation sites is 1. The number of hydrogen-bond acceptors (Lipinski definition) is 5. The molecule has 1 amide bonds. The van der Waals surface area contributed by atoms with Crippen molar-refractivity contribution in [2.45, 2.75) is 16.9 Å². The van der Waals surface area contributed by atoms with E-state index in [0.717, 1.165) is 17.3 Å². The Morgan fingerprint density at radius 1 is 1.07 bits per heavy atom. The SMILES string of the molecule is O=C1CN(c2ccc(CNc3ccccc3S(=O)(=O)C(F)(F)F)cc2)CCN1. The van der Waals surface area contributed by atoms with Crippen molar-refractivity contribution in [1.82, 2.24) is 5.32 Å². The normalized spacial score (nSPS) is 15.2. The van der Waals surface area contributed by atoms with Crippen molar-refractivity contribution in [1.29, 1.82) is 0 Å². The van der Waals surface area contributed by atoms with Crippen molar-refractivity contribution < 1.29 is 26.4 Å². The fraction of sp³-hybridized carbons (Fsp3) is 0.278. The minimum atomic E-state index is -5.44. The van der Waals surface area contributed by atoms with Crippen LogP contribution < -0.4 is 15.5 Å². The maximum Gasteiger partial charge on any atom is 0.501 e. The molecule has 0 radical (unpaired) electrons. The van der Waals surface area contributed by atoms with Gasteiger partial charge in [0.2, 0.25) is 5.91 Å². The molecule has 6 nitrogen and oxygen atoms in total. The van der Waals surface area contributed by atoms with Gasteiger partial charge in [-0.15, -0.1) is 0 Å². The average molecular weight is 413 g/mol. The van der Waals surface area contributed by atoms with Crippen molar-refractivity contribution in [3.8, 4) is 0 Å². The number of sulfone groups is 1. The lowest BCUT2D eigenvalue weighted by atomic mass is 10.1. The predicted molar refractivity (Wildman–Crippen MR) is 98.7 cm³/mol.